The zero-order valence-electron chi connectivity index (χ0n) is 15.0. The topological polar surface area (TPSA) is 155 Å². The molecule has 1 unspecified atom stereocenters. The van der Waals surface area contributed by atoms with Crippen LogP contribution in [0.5, 0.6) is 5.75 Å². The zero-order chi connectivity index (χ0) is 20.5. The average Bonchev–Trinajstić information content (AvgIpc) is 2.63. The number of phenolic OH excluding ortho intramolecular Hbond substituents is 1. The number of carbonyl (C=O) groups is 4. The van der Waals surface area contributed by atoms with Crippen molar-refractivity contribution >= 4 is 23.3 Å². The zero-order valence-corrected chi connectivity index (χ0v) is 15.0. The van der Waals surface area contributed by atoms with Gasteiger partial charge in [0.2, 0.25) is 0 Å². The number of amides is 1. The normalized spacial score (nSPS) is 36.9. The molecule has 146 valence electrons. The van der Waals surface area contributed by atoms with Crippen LogP contribution in [0, 0.1) is 17.8 Å². The third-order valence-corrected chi connectivity index (χ3v) is 6.44. The summed E-state index contributed by atoms with van der Waals surface area (Å²) in [6.07, 6.45) is -1.00. The Kier molecular flexibility index (Phi) is 3.85. The van der Waals surface area contributed by atoms with Gasteiger partial charge in [-0.25, -0.2) is 0 Å². The molecule has 28 heavy (non-hydrogen) atoms. The summed E-state index contributed by atoms with van der Waals surface area (Å²) in [7, 11) is 0. The van der Waals surface area contributed by atoms with Gasteiger partial charge in [0.05, 0.1) is 23.2 Å². The minimum absolute atomic E-state index is 0.00941. The van der Waals surface area contributed by atoms with Crippen LogP contribution in [-0.2, 0) is 14.4 Å². The summed E-state index contributed by atoms with van der Waals surface area (Å²) in [6.45, 7) is 1.72. The molecule has 3 aliphatic rings. The van der Waals surface area contributed by atoms with E-state index in [4.69, 9.17) is 5.73 Å². The lowest BCUT2D eigenvalue weighted by Gasteiger charge is -2.51. The highest BCUT2D eigenvalue weighted by Crippen LogP contribution is 2.53. The first-order chi connectivity index (χ1) is 13.1. The van der Waals surface area contributed by atoms with Crippen LogP contribution in [0.15, 0.2) is 29.8 Å². The molecule has 5 N–H and O–H groups in total. The van der Waals surface area contributed by atoms with E-state index in [9.17, 15) is 34.5 Å². The van der Waals surface area contributed by atoms with Crippen LogP contribution < -0.4 is 5.73 Å². The summed E-state index contributed by atoms with van der Waals surface area (Å²) in [5.74, 6) is -7.58. The van der Waals surface area contributed by atoms with Crippen LogP contribution in [0.4, 0.5) is 0 Å². The minimum Gasteiger partial charge on any atom is -0.507 e. The second-order valence-electron chi connectivity index (χ2n) is 7.79. The average molecular weight is 385 g/mol. The number of hydrogen-bond acceptors (Lipinski definition) is 7. The molecule has 0 bridgehead atoms. The Balaban J connectivity index is 1.91. The fourth-order valence-corrected chi connectivity index (χ4v) is 5.05. The number of primary amides is 1. The van der Waals surface area contributed by atoms with E-state index in [1.807, 2.05) is 0 Å². The van der Waals surface area contributed by atoms with E-state index in [-0.39, 0.29) is 11.3 Å². The maximum Gasteiger partial charge on any atom is 0.252 e. The van der Waals surface area contributed by atoms with E-state index in [2.05, 4.69) is 0 Å². The largest absolute Gasteiger partial charge is 0.507 e. The van der Waals surface area contributed by atoms with Crippen molar-refractivity contribution in [3.05, 3.63) is 41.0 Å². The van der Waals surface area contributed by atoms with Gasteiger partial charge in [-0.2, -0.15) is 0 Å². The van der Waals surface area contributed by atoms with Crippen molar-refractivity contribution in [2.24, 2.45) is 23.5 Å². The first kappa shape index (κ1) is 18.5. The van der Waals surface area contributed by atoms with Crippen LogP contribution in [0.2, 0.25) is 0 Å². The summed E-state index contributed by atoms with van der Waals surface area (Å²) in [4.78, 5) is 50.1. The summed E-state index contributed by atoms with van der Waals surface area (Å²) in [6, 6.07) is 4.54. The molecule has 1 aromatic carbocycles. The molecular weight excluding hydrogens is 366 g/mol. The van der Waals surface area contributed by atoms with E-state index < -0.39 is 70.6 Å². The molecule has 1 amide bonds. The number of benzene rings is 1. The molecule has 3 aliphatic carbocycles. The van der Waals surface area contributed by atoms with Gasteiger partial charge in [-0.15, -0.1) is 0 Å². The second kappa shape index (κ2) is 5.83. The smallest absolute Gasteiger partial charge is 0.252 e. The number of aliphatic hydroxyl groups excluding tert-OH is 1. The van der Waals surface area contributed by atoms with Crippen LogP contribution in [-0.4, -0.2) is 50.3 Å². The molecule has 0 spiro atoms. The van der Waals surface area contributed by atoms with E-state index in [0.717, 1.165) is 6.08 Å². The highest BCUT2D eigenvalue weighted by atomic mass is 16.3. The minimum atomic E-state index is -2.36. The van der Waals surface area contributed by atoms with E-state index >= 15 is 0 Å². The Bertz CT molecular complexity index is 981. The Morgan fingerprint density at radius 2 is 1.93 bits per heavy atom. The fraction of sp³-hybridized carbons (Fsp3) is 0.400. The van der Waals surface area contributed by atoms with Gasteiger partial charge < -0.3 is 21.1 Å². The molecular formula is C20H19NO7. The SMILES string of the molecule is C[C@H]1c2cccc(O)c2C(=O)C2C(=O)[C@]3(O)C=C(C(N)=O)C(=O)C[C@@H]3[C@@H](O)[C@@H]21. The third-order valence-electron chi connectivity index (χ3n) is 6.44. The van der Waals surface area contributed by atoms with Crippen molar-refractivity contribution in [3.63, 3.8) is 0 Å². The van der Waals surface area contributed by atoms with Crippen molar-refractivity contribution in [2.75, 3.05) is 0 Å². The van der Waals surface area contributed by atoms with Crippen LogP contribution >= 0.6 is 0 Å². The summed E-state index contributed by atoms with van der Waals surface area (Å²) < 4.78 is 0. The number of hydrogen-bond donors (Lipinski definition) is 4. The van der Waals surface area contributed by atoms with Gasteiger partial charge in [0.1, 0.15) is 11.4 Å². The molecule has 8 heteroatoms. The number of aromatic hydroxyl groups is 1. The molecule has 0 aliphatic heterocycles. The van der Waals surface area contributed by atoms with Gasteiger partial charge in [-0.3, -0.25) is 19.2 Å². The number of phenols is 1. The molecule has 1 fully saturated rings. The lowest BCUT2D eigenvalue weighted by atomic mass is 9.53. The lowest BCUT2D eigenvalue weighted by molar-refractivity contribution is -0.167. The van der Waals surface area contributed by atoms with Gasteiger partial charge in [0.15, 0.2) is 17.3 Å². The molecule has 6 atom stereocenters. The van der Waals surface area contributed by atoms with Crippen LogP contribution in [0.25, 0.3) is 0 Å². The van der Waals surface area contributed by atoms with Gasteiger partial charge in [-0.05, 0) is 23.6 Å². The monoisotopic (exact) mass is 385 g/mol. The van der Waals surface area contributed by atoms with Gasteiger partial charge >= 0.3 is 0 Å². The van der Waals surface area contributed by atoms with Crippen molar-refractivity contribution in [2.45, 2.75) is 31.0 Å². The molecule has 0 heterocycles. The number of aliphatic hydroxyl groups is 2. The van der Waals surface area contributed by atoms with Crippen molar-refractivity contribution < 1.29 is 34.5 Å². The molecule has 4 rings (SSSR count). The predicted molar refractivity (Wildman–Crippen MR) is 94.2 cm³/mol. The molecule has 0 aromatic heterocycles. The Morgan fingerprint density at radius 3 is 2.57 bits per heavy atom. The highest BCUT2D eigenvalue weighted by Gasteiger charge is 2.64. The Morgan fingerprint density at radius 1 is 1.25 bits per heavy atom. The number of carbonyl (C=O) groups excluding carboxylic acids is 4. The van der Waals surface area contributed by atoms with Crippen molar-refractivity contribution in [3.8, 4) is 5.75 Å². The quantitative estimate of drug-likeness (QED) is 0.379. The molecule has 1 saturated carbocycles. The Labute approximate surface area is 159 Å². The second-order valence-corrected chi connectivity index (χ2v) is 7.79. The number of ketones is 3. The molecule has 1 aromatic rings. The summed E-state index contributed by atoms with van der Waals surface area (Å²) in [5.41, 5.74) is 2.78. The maximum atomic E-state index is 13.2. The molecule has 0 radical (unpaired) electrons. The summed E-state index contributed by atoms with van der Waals surface area (Å²) >= 11 is 0. The number of rotatable bonds is 1. The van der Waals surface area contributed by atoms with Gasteiger partial charge in [0, 0.05) is 18.3 Å². The number of Topliss-reactive ketones (excluding diaryl/α,β-unsaturated/α-hetero) is 3. The standard InChI is InChI=1S/C20H19NO7/c1-7-8-3-2-4-11(22)14(8)17(25)15-13(7)16(24)10-5-12(23)9(19(21)27)6-20(10,28)18(15)26/h2-4,6-7,10,13,15-16,22,24,28H,5H2,1H3,(H2,21,27)/t7-,10+,13+,15?,16+,20-/m0/s1. The van der Waals surface area contributed by atoms with Crippen molar-refractivity contribution in [1.82, 2.24) is 0 Å². The van der Waals surface area contributed by atoms with Gasteiger partial charge in [-0.1, -0.05) is 19.1 Å². The molecule has 0 saturated heterocycles. The van der Waals surface area contributed by atoms with Crippen LogP contribution in [0.1, 0.15) is 35.2 Å². The highest BCUT2D eigenvalue weighted by molar-refractivity contribution is 6.22. The predicted octanol–water partition coefficient (Wildman–Crippen LogP) is -0.400. The van der Waals surface area contributed by atoms with E-state index in [1.54, 1.807) is 19.1 Å². The number of fused-ring (bicyclic) bond motifs is 3. The maximum absolute atomic E-state index is 13.2. The van der Waals surface area contributed by atoms with Gasteiger partial charge in [0.25, 0.3) is 5.91 Å². The first-order valence-corrected chi connectivity index (χ1v) is 8.96. The van der Waals surface area contributed by atoms with E-state index in [1.165, 1.54) is 6.07 Å². The fourth-order valence-electron chi connectivity index (χ4n) is 5.05. The van der Waals surface area contributed by atoms with E-state index in [0.29, 0.717) is 5.56 Å². The molecule has 8 nitrogen and oxygen atoms in total. The van der Waals surface area contributed by atoms with Crippen molar-refractivity contribution in [1.29, 1.82) is 0 Å². The first-order valence-electron chi connectivity index (χ1n) is 8.96. The number of nitrogens with two attached hydrogens (primary N) is 1. The lowest BCUT2D eigenvalue weighted by Crippen LogP contribution is -2.65. The van der Waals surface area contributed by atoms with Crippen LogP contribution in [0.3, 0.4) is 0 Å². The Hall–Kier alpha value is -2.84. The third kappa shape index (κ3) is 2.18. The summed E-state index contributed by atoms with van der Waals surface area (Å²) in [5, 5.41) is 32.2.